The highest BCUT2D eigenvalue weighted by molar-refractivity contribution is 5.30. The summed E-state index contributed by atoms with van der Waals surface area (Å²) in [5.74, 6) is 2.08. The second kappa shape index (κ2) is 5.28. The smallest absolute Gasteiger partial charge is 0.110 e. The van der Waals surface area contributed by atoms with E-state index in [2.05, 4.69) is 37.7 Å². The molecule has 1 unspecified atom stereocenters. The van der Waals surface area contributed by atoms with Gasteiger partial charge in [-0.25, -0.2) is 0 Å². The minimum absolute atomic E-state index is 0.0446. The second-order valence-corrected chi connectivity index (χ2v) is 9.21. The van der Waals surface area contributed by atoms with Crippen molar-refractivity contribution in [1.29, 1.82) is 5.26 Å². The fourth-order valence-corrected chi connectivity index (χ4v) is 6.99. The van der Waals surface area contributed by atoms with Gasteiger partial charge in [-0.3, -0.25) is 0 Å². The third-order valence-electron chi connectivity index (χ3n) is 8.34. The van der Waals surface area contributed by atoms with Gasteiger partial charge in [-0.2, -0.15) is 10.2 Å². The molecule has 3 fully saturated rings. The Bertz CT molecular complexity index is 659. The first-order chi connectivity index (χ1) is 11.4. The normalized spacial score (nSPS) is 50.1. The Morgan fingerprint density at radius 2 is 2.04 bits per heavy atom. The zero-order chi connectivity index (χ0) is 17.1. The van der Waals surface area contributed by atoms with Gasteiger partial charge in [0.1, 0.15) is 6.04 Å². The first-order valence-corrected chi connectivity index (χ1v) is 9.55. The monoisotopic (exact) mass is 324 g/mol. The Kier molecular flexibility index (Phi) is 3.53. The lowest BCUT2D eigenvalue weighted by atomic mass is 9.47. The van der Waals surface area contributed by atoms with E-state index in [9.17, 15) is 10.2 Å². The van der Waals surface area contributed by atoms with E-state index in [1.807, 2.05) is 0 Å². The lowest BCUT2D eigenvalue weighted by Crippen LogP contribution is -2.50. The van der Waals surface area contributed by atoms with Crippen molar-refractivity contribution in [3.05, 3.63) is 28.7 Å². The zero-order valence-electron chi connectivity index (χ0n) is 14.9. The average Bonchev–Trinajstić information content (AvgIpc) is 2.83. The molecule has 0 N–H and O–H groups in total. The fourth-order valence-electron chi connectivity index (χ4n) is 6.99. The number of hydrogen-bond acceptors (Lipinski definition) is 3. The molecule has 4 aliphatic carbocycles. The van der Waals surface area contributed by atoms with Gasteiger partial charge >= 0.3 is 0 Å². The number of fused-ring (bicyclic) bond motifs is 5. The van der Waals surface area contributed by atoms with Crippen LogP contribution < -0.4 is 0 Å². The molecule has 3 saturated carbocycles. The van der Waals surface area contributed by atoms with Gasteiger partial charge in [0.05, 0.1) is 12.0 Å². The highest BCUT2D eigenvalue weighted by atomic mass is 16.3. The minimum Gasteiger partial charge on any atom is -0.198 e. The summed E-state index contributed by atoms with van der Waals surface area (Å²) >= 11 is 0. The van der Waals surface area contributed by atoms with Crippen LogP contribution in [0, 0.1) is 50.7 Å². The summed E-state index contributed by atoms with van der Waals surface area (Å²) in [6.07, 6.45) is 9.92. The number of nitrogens with zero attached hydrogens (tertiary/aromatic N) is 2. The fraction of sp³-hybridized carbons (Fsp3) is 0.762. The van der Waals surface area contributed by atoms with E-state index < -0.39 is 0 Å². The van der Waals surface area contributed by atoms with Crippen LogP contribution in [-0.4, -0.2) is 6.04 Å². The molecule has 0 amide bonds. The molecule has 3 heteroatoms. The molecule has 24 heavy (non-hydrogen) atoms. The molecular formula is C21H28N2O. The van der Waals surface area contributed by atoms with Crippen LogP contribution in [0.1, 0.15) is 58.8 Å². The van der Waals surface area contributed by atoms with Gasteiger partial charge in [0.15, 0.2) is 0 Å². The Balaban J connectivity index is 1.68. The Labute approximate surface area is 145 Å². The van der Waals surface area contributed by atoms with Gasteiger partial charge in [-0.1, -0.05) is 42.8 Å². The lowest BCUT2D eigenvalue weighted by molar-refractivity contribution is -0.0447. The average molecular weight is 324 g/mol. The van der Waals surface area contributed by atoms with Crippen LogP contribution in [0.4, 0.5) is 0 Å². The van der Waals surface area contributed by atoms with Gasteiger partial charge in [0, 0.05) is 0 Å². The molecule has 0 bridgehead atoms. The summed E-state index contributed by atoms with van der Waals surface area (Å²) in [5.41, 5.74) is 3.05. The van der Waals surface area contributed by atoms with Crippen LogP contribution in [-0.2, 0) is 0 Å². The largest absolute Gasteiger partial charge is 0.198 e. The maximum Gasteiger partial charge on any atom is 0.110 e. The Hall–Kier alpha value is -1.43. The summed E-state index contributed by atoms with van der Waals surface area (Å²) < 4.78 is 0. The topological polar surface area (TPSA) is 53.2 Å². The maximum atomic E-state index is 11.0. The highest BCUT2D eigenvalue weighted by Crippen LogP contribution is 2.67. The molecule has 3 nitrogen and oxygen atoms in total. The van der Waals surface area contributed by atoms with Crippen molar-refractivity contribution in [2.24, 2.45) is 39.7 Å². The van der Waals surface area contributed by atoms with E-state index in [1.165, 1.54) is 24.0 Å². The molecule has 0 aliphatic heterocycles. The van der Waals surface area contributed by atoms with Crippen molar-refractivity contribution in [1.82, 2.24) is 0 Å². The van der Waals surface area contributed by atoms with Crippen molar-refractivity contribution in [3.63, 3.8) is 0 Å². The zero-order valence-corrected chi connectivity index (χ0v) is 14.9. The van der Waals surface area contributed by atoms with Crippen molar-refractivity contribution < 1.29 is 0 Å². The summed E-state index contributed by atoms with van der Waals surface area (Å²) in [5, 5.41) is 13.0. The number of nitroso groups, excluding NO2 is 1. The Morgan fingerprint density at radius 1 is 1.25 bits per heavy atom. The third-order valence-corrected chi connectivity index (χ3v) is 8.34. The standard InChI is InChI=1S/C21H28N2O/c1-13-10-18-16-5-4-14-11-15(23-24)6-8-20(14,2)17(16)7-9-21(18,3)19(13)12-22/h11,15-19H,1,4-10H2,2-3H3/t15?,16-,17+,18+,19+,20+,21+/m1/s1. The molecular weight excluding hydrogens is 296 g/mol. The van der Waals surface area contributed by atoms with Crippen molar-refractivity contribution in [3.8, 4) is 6.07 Å². The summed E-state index contributed by atoms with van der Waals surface area (Å²) in [7, 11) is 0. The molecule has 0 saturated heterocycles. The van der Waals surface area contributed by atoms with Crippen molar-refractivity contribution in [2.75, 3.05) is 0 Å². The summed E-state index contributed by atoms with van der Waals surface area (Å²) in [6.45, 7) is 9.04. The second-order valence-electron chi connectivity index (χ2n) is 9.21. The van der Waals surface area contributed by atoms with Crippen LogP contribution in [0.5, 0.6) is 0 Å². The van der Waals surface area contributed by atoms with Crippen molar-refractivity contribution >= 4 is 0 Å². The number of hydrogen-bond donors (Lipinski definition) is 0. The van der Waals surface area contributed by atoms with Gasteiger partial charge < -0.3 is 0 Å². The SMILES string of the molecule is C=C1C[C@H]2[C@@H]3CCC4=CC(N=O)CC[C@]4(C)[C@H]3CC[C@]2(C)[C@H]1C#N. The van der Waals surface area contributed by atoms with E-state index in [1.54, 1.807) is 0 Å². The van der Waals surface area contributed by atoms with Crippen LogP contribution in [0.25, 0.3) is 0 Å². The molecule has 0 aromatic heterocycles. The molecule has 4 aliphatic rings. The molecule has 0 aromatic rings. The number of allylic oxidation sites excluding steroid dienone is 2. The predicted molar refractivity (Wildman–Crippen MR) is 94.9 cm³/mol. The van der Waals surface area contributed by atoms with E-state index in [-0.39, 0.29) is 22.8 Å². The number of rotatable bonds is 1. The molecule has 4 rings (SSSR count). The minimum atomic E-state index is -0.104. The van der Waals surface area contributed by atoms with E-state index in [0.29, 0.717) is 17.8 Å². The lowest BCUT2D eigenvalue weighted by Gasteiger charge is -2.58. The predicted octanol–water partition coefficient (Wildman–Crippen LogP) is 5.39. The first kappa shape index (κ1) is 16.1. The quantitative estimate of drug-likeness (QED) is 0.479. The van der Waals surface area contributed by atoms with E-state index in [4.69, 9.17) is 0 Å². The molecule has 0 heterocycles. The first-order valence-electron chi connectivity index (χ1n) is 9.55. The molecule has 128 valence electrons. The molecule has 0 radical (unpaired) electrons. The van der Waals surface area contributed by atoms with Crippen LogP contribution in [0.2, 0.25) is 0 Å². The van der Waals surface area contributed by atoms with Crippen LogP contribution in [0.3, 0.4) is 0 Å². The van der Waals surface area contributed by atoms with Gasteiger partial charge in [-0.15, -0.1) is 0 Å². The van der Waals surface area contributed by atoms with E-state index in [0.717, 1.165) is 32.1 Å². The Morgan fingerprint density at radius 3 is 2.75 bits per heavy atom. The summed E-state index contributed by atoms with van der Waals surface area (Å²) in [4.78, 5) is 11.0. The van der Waals surface area contributed by atoms with Crippen LogP contribution >= 0.6 is 0 Å². The van der Waals surface area contributed by atoms with Gasteiger partial charge in [-0.05, 0) is 73.5 Å². The number of nitriles is 1. The molecule has 0 spiro atoms. The molecule has 7 atom stereocenters. The van der Waals surface area contributed by atoms with E-state index >= 15 is 0 Å². The summed E-state index contributed by atoms with van der Waals surface area (Å²) in [6, 6.07) is 2.47. The van der Waals surface area contributed by atoms with Gasteiger partial charge in [0.25, 0.3) is 0 Å². The van der Waals surface area contributed by atoms with Crippen molar-refractivity contribution in [2.45, 2.75) is 64.8 Å². The van der Waals surface area contributed by atoms with Gasteiger partial charge in [0.2, 0.25) is 0 Å². The molecule has 0 aromatic carbocycles. The third kappa shape index (κ3) is 1.95. The maximum absolute atomic E-state index is 11.0. The highest BCUT2D eigenvalue weighted by Gasteiger charge is 2.60. The van der Waals surface area contributed by atoms with Crippen LogP contribution in [0.15, 0.2) is 29.0 Å².